The van der Waals surface area contributed by atoms with Crippen molar-refractivity contribution in [3.8, 4) is 17.8 Å². The minimum absolute atomic E-state index is 0.0302. The van der Waals surface area contributed by atoms with Gasteiger partial charge in [-0.2, -0.15) is 9.97 Å². The average Bonchev–Trinajstić information content (AvgIpc) is 2.37. The SMILES string of the molecule is COc1cc(OC(C)C(C)(F)C(=O)O)nc(OC)n1. The number of carboxylic acids is 1. The van der Waals surface area contributed by atoms with E-state index in [4.69, 9.17) is 19.3 Å². The first-order valence-electron chi connectivity index (χ1n) is 5.37. The number of halogens is 1. The van der Waals surface area contributed by atoms with Crippen LogP contribution in [-0.4, -0.2) is 47.0 Å². The Balaban J connectivity index is 2.96. The molecule has 0 aromatic carbocycles. The summed E-state index contributed by atoms with van der Waals surface area (Å²) in [6, 6.07) is 1.27. The third-order valence-corrected chi connectivity index (χ3v) is 2.53. The van der Waals surface area contributed by atoms with Crippen molar-refractivity contribution in [2.45, 2.75) is 25.6 Å². The van der Waals surface area contributed by atoms with E-state index in [-0.39, 0.29) is 17.8 Å². The van der Waals surface area contributed by atoms with Crippen molar-refractivity contribution in [2.24, 2.45) is 0 Å². The topological polar surface area (TPSA) is 90.8 Å². The highest BCUT2D eigenvalue weighted by atomic mass is 19.1. The summed E-state index contributed by atoms with van der Waals surface area (Å²) in [5, 5.41) is 8.75. The van der Waals surface area contributed by atoms with Gasteiger partial charge in [-0.05, 0) is 13.8 Å². The summed E-state index contributed by atoms with van der Waals surface area (Å²) in [5.41, 5.74) is -2.55. The van der Waals surface area contributed by atoms with Crippen molar-refractivity contribution in [1.82, 2.24) is 9.97 Å². The predicted octanol–water partition coefficient (Wildman–Crippen LogP) is 1.07. The number of hydrogen-bond acceptors (Lipinski definition) is 6. The molecule has 8 heteroatoms. The summed E-state index contributed by atoms with van der Waals surface area (Å²) in [6.07, 6.45) is -1.26. The molecule has 0 aliphatic carbocycles. The van der Waals surface area contributed by atoms with Crippen LogP contribution in [0.2, 0.25) is 0 Å². The Morgan fingerprint density at radius 1 is 1.37 bits per heavy atom. The van der Waals surface area contributed by atoms with E-state index < -0.39 is 17.7 Å². The first-order chi connectivity index (χ1) is 8.81. The molecule has 0 saturated carbocycles. The standard InChI is InChI=1S/C11H15FN2O5/c1-6(11(2,12)9(15)16)19-8-5-7(17-3)13-10(14-8)18-4/h5-6H,1-4H3,(H,15,16). The lowest BCUT2D eigenvalue weighted by Crippen LogP contribution is -2.44. The molecule has 19 heavy (non-hydrogen) atoms. The Kier molecular flexibility index (Phi) is 4.47. The smallest absolute Gasteiger partial charge is 0.345 e. The molecule has 0 spiro atoms. The molecule has 2 unspecified atom stereocenters. The summed E-state index contributed by atoms with van der Waals surface area (Å²) < 4.78 is 28.7. The number of carboxylic acid groups (broad SMARTS) is 1. The zero-order valence-electron chi connectivity index (χ0n) is 11.0. The van der Waals surface area contributed by atoms with E-state index >= 15 is 0 Å². The van der Waals surface area contributed by atoms with E-state index in [0.29, 0.717) is 0 Å². The van der Waals surface area contributed by atoms with E-state index in [1.807, 2.05) is 0 Å². The Hall–Kier alpha value is -2.12. The molecule has 1 N–H and O–H groups in total. The molecule has 0 radical (unpaired) electrons. The number of hydrogen-bond donors (Lipinski definition) is 1. The van der Waals surface area contributed by atoms with Gasteiger partial charge in [-0.15, -0.1) is 0 Å². The second-order valence-electron chi connectivity index (χ2n) is 3.88. The Morgan fingerprint density at radius 3 is 2.42 bits per heavy atom. The maximum Gasteiger partial charge on any atom is 0.345 e. The molecule has 1 aromatic rings. The van der Waals surface area contributed by atoms with E-state index in [1.165, 1.54) is 27.2 Å². The molecule has 0 aliphatic heterocycles. The number of carbonyl (C=O) groups is 1. The van der Waals surface area contributed by atoms with Crippen molar-refractivity contribution >= 4 is 5.97 Å². The van der Waals surface area contributed by atoms with E-state index in [1.54, 1.807) is 0 Å². The molecule has 0 fully saturated rings. The summed E-state index contributed by atoms with van der Waals surface area (Å²) in [7, 11) is 2.73. The van der Waals surface area contributed by atoms with Crippen LogP contribution in [0.25, 0.3) is 0 Å². The molecule has 0 aliphatic rings. The maximum absolute atomic E-state index is 13.8. The van der Waals surface area contributed by atoms with Crippen molar-refractivity contribution in [2.75, 3.05) is 14.2 Å². The molecule has 7 nitrogen and oxygen atoms in total. The lowest BCUT2D eigenvalue weighted by molar-refractivity contribution is -0.155. The van der Waals surface area contributed by atoms with Crippen LogP contribution in [0.3, 0.4) is 0 Å². The quantitative estimate of drug-likeness (QED) is 0.829. The molecular formula is C11H15FN2O5. The molecule has 0 saturated heterocycles. The van der Waals surface area contributed by atoms with Crippen molar-refractivity contribution < 1.29 is 28.5 Å². The van der Waals surface area contributed by atoms with Gasteiger partial charge in [0.05, 0.1) is 20.3 Å². The van der Waals surface area contributed by atoms with Crippen LogP contribution in [0, 0.1) is 0 Å². The molecule has 0 amide bonds. The lowest BCUT2D eigenvalue weighted by Gasteiger charge is -2.23. The summed E-state index contributed by atoms with van der Waals surface area (Å²) in [5.74, 6) is -1.50. The fraction of sp³-hybridized carbons (Fsp3) is 0.545. The number of ether oxygens (including phenoxy) is 3. The van der Waals surface area contributed by atoms with E-state index in [9.17, 15) is 9.18 Å². The van der Waals surface area contributed by atoms with Crippen molar-refractivity contribution in [3.63, 3.8) is 0 Å². The highest BCUT2D eigenvalue weighted by Gasteiger charge is 2.41. The van der Waals surface area contributed by atoms with Crippen LogP contribution in [0.5, 0.6) is 17.8 Å². The minimum Gasteiger partial charge on any atom is -0.481 e. The molecular weight excluding hydrogens is 259 g/mol. The van der Waals surface area contributed by atoms with Gasteiger partial charge in [0.15, 0.2) is 0 Å². The van der Waals surface area contributed by atoms with Gasteiger partial charge in [-0.3, -0.25) is 0 Å². The number of methoxy groups -OCH3 is 2. The molecule has 1 rings (SSSR count). The first-order valence-corrected chi connectivity index (χ1v) is 5.37. The zero-order valence-corrected chi connectivity index (χ0v) is 11.0. The Morgan fingerprint density at radius 2 is 1.95 bits per heavy atom. The van der Waals surface area contributed by atoms with Crippen LogP contribution in [-0.2, 0) is 4.79 Å². The lowest BCUT2D eigenvalue weighted by atomic mass is 10.0. The fourth-order valence-corrected chi connectivity index (χ4v) is 1.11. The van der Waals surface area contributed by atoms with Crippen molar-refractivity contribution in [3.05, 3.63) is 6.07 Å². The minimum atomic E-state index is -2.55. The highest BCUT2D eigenvalue weighted by molar-refractivity contribution is 5.77. The predicted molar refractivity (Wildman–Crippen MR) is 62.4 cm³/mol. The van der Waals surface area contributed by atoms with E-state index in [2.05, 4.69) is 9.97 Å². The molecule has 1 aromatic heterocycles. The fourth-order valence-electron chi connectivity index (χ4n) is 1.11. The molecule has 2 atom stereocenters. The maximum atomic E-state index is 13.8. The summed E-state index contributed by atoms with van der Waals surface area (Å²) >= 11 is 0. The van der Waals surface area contributed by atoms with Crippen LogP contribution >= 0.6 is 0 Å². The van der Waals surface area contributed by atoms with Gasteiger partial charge in [0.2, 0.25) is 17.4 Å². The zero-order chi connectivity index (χ0) is 14.6. The number of nitrogens with zero attached hydrogens (tertiary/aromatic N) is 2. The monoisotopic (exact) mass is 274 g/mol. The first kappa shape index (κ1) is 14.9. The van der Waals surface area contributed by atoms with Crippen LogP contribution in [0.15, 0.2) is 6.07 Å². The normalized spacial score (nSPS) is 15.2. The number of alkyl halides is 1. The van der Waals surface area contributed by atoms with Crippen LogP contribution in [0.4, 0.5) is 4.39 Å². The molecule has 106 valence electrons. The van der Waals surface area contributed by atoms with Gasteiger partial charge in [0.25, 0.3) is 0 Å². The van der Waals surface area contributed by atoms with Gasteiger partial charge >= 0.3 is 12.0 Å². The van der Waals surface area contributed by atoms with Gasteiger partial charge in [-0.25, -0.2) is 9.18 Å². The summed E-state index contributed by atoms with van der Waals surface area (Å²) in [4.78, 5) is 18.4. The van der Waals surface area contributed by atoms with Gasteiger partial charge in [-0.1, -0.05) is 0 Å². The second-order valence-corrected chi connectivity index (χ2v) is 3.88. The number of rotatable bonds is 6. The number of aromatic nitrogens is 2. The second kappa shape index (κ2) is 5.68. The summed E-state index contributed by atoms with van der Waals surface area (Å²) in [6.45, 7) is 2.20. The third kappa shape index (κ3) is 3.43. The molecule has 0 bridgehead atoms. The molecule has 1 heterocycles. The van der Waals surface area contributed by atoms with Gasteiger partial charge in [0, 0.05) is 0 Å². The van der Waals surface area contributed by atoms with Gasteiger partial charge < -0.3 is 19.3 Å². The van der Waals surface area contributed by atoms with Crippen LogP contribution in [0.1, 0.15) is 13.8 Å². The van der Waals surface area contributed by atoms with E-state index in [0.717, 1.165) is 6.92 Å². The average molecular weight is 274 g/mol. The Labute approximate surface area is 109 Å². The largest absolute Gasteiger partial charge is 0.481 e. The van der Waals surface area contributed by atoms with Crippen LogP contribution < -0.4 is 14.2 Å². The highest BCUT2D eigenvalue weighted by Crippen LogP contribution is 2.24. The Bertz CT molecular complexity index is 444. The van der Waals surface area contributed by atoms with Gasteiger partial charge in [0.1, 0.15) is 6.10 Å². The number of aliphatic carboxylic acids is 1. The third-order valence-electron chi connectivity index (χ3n) is 2.53. The van der Waals surface area contributed by atoms with Crippen molar-refractivity contribution in [1.29, 1.82) is 0 Å².